The van der Waals surface area contributed by atoms with Gasteiger partial charge in [-0.2, -0.15) is 5.26 Å². The van der Waals surface area contributed by atoms with E-state index in [1.807, 2.05) is 26.8 Å². The summed E-state index contributed by atoms with van der Waals surface area (Å²) in [6.45, 7) is 7.22. The molecule has 0 saturated carbocycles. The Morgan fingerprint density at radius 3 is 2.79 bits per heavy atom. The first kappa shape index (κ1) is 20.7. The van der Waals surface area contributed by atoms with Crippen LogP contribution in [0.25, 0.3) is 0 Å². The molecular formula is C21H25FN6O. The SMILES string of the molecule is CNC(=O)c1nc(C)c(C)c(N2CC[C@@H](NC(C)c3ccc(C#N)cc3F)C2)n1. The van der Waals surface area contributed by atoms with E-state index in [0.717, 1.165) is 30.0 Å². The molecule has 0 aliphatic carbocycles. The molecule has 0 spiro atoms. The van der Waals surface area contributed by atoms with Crippen LogP contribution in [0.15, 0.2) is 18.2 Å². The van der Waals surface area contributed by atoms with Crippen LogP contribution >= 0.6 is 0 Å². The third kappa shape index (κ3) is 4.35. The normalized spacial score (nSPS) is 17.1. The lowest BCUT2D eigenvalue weighted by Crippen LogP contribution is -2.35. The summed E-state index contributed by atoms with van der Waals surface area (Å²) in [6, 6.07) is 6.46. The van der Waals surface area contributed by atoms with E-state index < -0.39 is 0 Å². The molecule has 1 saturated heterocycles. The maximum Gasteiger partial charge on any atom is 0.288 e. The second kappa shape index (κ2) is 8.53. The highest BCUT2D eigenvalue weighted by molar-refractivity contribution is 5.90. The molecule has 1 aliphatic heterocycles. The van der Waals surface area contributed by atoms with Gasteiger partial charge in [0.25, 0.3) is 5.91 Å². The van der Waals surface area contributed by atoms with Crippen molar-refractivity contribution in [2.24, 2.45) is 0 Å². The number of nitrogens with zero attached hydrogens (tertiary/aromatic N) is 4. The van der Waals surface area contributed by atoms with Gasteiger partial charge in [-0.3, -0.25) is 4.79 Å². The summed E-state index contributed by atoms with van der Waals surface area (Å²) < 4.78 is 14.3. The minimum absolute atomic E-state index is 0.151. The maximum absolute atomic E-state index is 14.3. The van der Waals surface area contributed by atoms with E-state index >= 15 is 0 Å². The van der Waals surface area contributed by atoms with Gasteiger partial charge < -0.3 is 15.5 Å². The topological polar surface area (TPSA) is 93.9 Å². The van der Waals surface area contributed by atoms with Gasteiger partial charge in [-0.05, 0) is 39.3 Å². The Hall–Kier alpha value is -3.05. The molecule has 0 radical (unpaired) electrons. The van der Waals surface area contributed by atoms with Crippen molar-refractivity contribution < 1.29 is 9.18 Å². The Morgan fingerprint density at radius 2 is 2.14 bits per heavy atom. The van der Waals surface area contributed by atoms with Crippen LogP contribution in [-0.2, 0) is 0 Å². The molecule has 1 aliphatic rings. The van der Waals surface area contributed by atoms with Crippen molar-refractivity contribution in [3.63, 3.8) is 0 Å². The summed E-state index contributed by atoms with van der Waals surface area (Å²) in [5.74, 6) is 0.233. The van der Waals surface area contributed by atoms with Gasteiger partial charge in [-0.1, -0.05) is 6.07 Å². The van der Waals surface area contributed by atoms with Crippen LogP contribution in [0.5, 0.6) is 0 Å². The van der Waals surface area contributed by atoms with Crippen LogP contribution < -0.4 is 15.5 Å². The average Bonchev–Trinajstić information content (AvgIpc) is 3.17. The van der Waals surface area contributed by atoms with E-state index in [0.29, 0.717) is 17.7 Å². The molecule has 0 bridgehead atoms. The molecular weight excluding hydrogens is 371 g/mol. The van der Waals surface area contributed by atoms with Gasteiger partial charge in [0.05, 0.1) is 11.6 Å². The number of benzene rings is 1. The minimum atomic E-state index is -0.378. The summed E-state index contributed by atoms with van der Waals surface area (Å²) in [5.41, 5.74) is 2.58. The van der Waals surface area contributed by atoms with E-state index in [1.54, 1.807) is 19.2 Å². The third-order valence-corrected chi connectivity index (χ3v) is 5.36. The smallest absolute Gasteiger partial charge is 0.288 e. The number of aromatic nitrogens is 2. The lowest BCUT2D eigenvalue weighted by Gasteiger charge is -2.23. The van der Waals surface area contributed by atoms with Crippen LogP contribution in [0.3, 0.4) is 0 Å². The van der Waals surface area contributed by atoms with Crippen LogP contribution in [0.4, 0.5) is 10.2 Å². The quantitative estimate of drug-likeness (QED) is 0.806. The van der Waals surface area contributed by atoms with Crippen molar-refractivity contribution in [1.82, 2.24) is 20.6 Å². The number of nitriles is 1. The molecule has 1 aromatic carbocycles. The van der Waals surface area contributed by atoms with Gasteiger partial charge in [-0.25, -0.2) is 14.4 Å². The maximum atomic E-state index is 14.3. The third-order valence-electron chi connectivity index (χ3n) is 5.36. The Balaban J connectivity index is 1.73. The molecule has 1 fully saturated rings. The van der Waals surface area contributed by atoms with Crippen LogP contribution in [-0.4, -0.2) is 42.1 Å². The van der Waals surface area contributed by atoms with Crippen molar-refractivity contribution in [2.75, 3.05) is 25.0 Å². The summed E-state index contributed by atoms with van der Waals surface area (Å²) in [4.78, 5) is 22.9. The summed E-state index contributed by atoms with van der Waals surface area (Å²) >= 11 is 0. The standard InChI is InChI=1S/C21H25FN6O/c1-12-13(2)26-19(21(29)24-4)27-20(12)28-8-7-16(11-28)25-14(3)17-6-5-15(10-23)9-18(17)22/h5-6,9,14,16,25H,7-8,11H2,1-4H3,(H,24,29)/t14?,16-/m1/s1. The summed E-state index contributed by atoms with van der Waals surface area (Å²) in [7, 11) is 1.56. The number of amides is 1. The number of hydrogen-bond donors (Lipinski definition) is 2. The van der Waals surface area contributed by atoms with E-state index in [-0.39, 0.29) is 29.6 Å². The van der Waals surface area contributed by atoms with Gasteiger partial charge in [0.15, 0.2) is 0 Å². The fourth-order valence-electron chi connectivity index (χ4n) is 3.61. The number of rotatable bonds is 5. The number of nitrogens with one attached hydrogen (secondary N) is 2. The molecule has 1 aromatic heterocycles. The van der Waals surface area contributed by atoms with Crippen LogP contribution in [0.1, 0.15) is 52.4 Å². The van der Waals surface area contributed by atoms with Crippen LogP contribution in [0.2, 0.25) is 0 Å². The first-order valence-corrected chi connectivity index (χ1v) is 9.62. The number of aryl methyl sites for hydroxylation is 1. The average molecular weight is 396 g/mol. The van der Waals surface area contributed by atoms with Crippen molar-refractivity contribution in [2.45, 2.75) is 39.3 Å². The number of hydrogen-bond acceptors (Lipinski definition) is 6. The highest BCUT2D eigenvalue weighted by Gasteiger charge is 2.28. The zero-order valence-corrected chi connectivity index (χ0v) is 17.1. The zero-order valence-electron chi connectivity index (χ0n) is 17.1. The van der Waals surface area contributed by atoms with Crippen molar-refractivity contribution in [3.05, 3.63) is 52.2 Å². The molecule has 3 rings (SSSR count). The van der Waals surface area contributed by atoms with E-state index in [2.05, 4.69) is 25.5 Å². The molecule has 2 atom stereocenters. The Bertz CT molecular complexity index is 970. The van der Waals surface area contributed by atoms with E-state index in [1.165, 1.54) is 6.07 Å². The van der Waals surface area contributed by atoms with Crippen molar-refractivity contribution in [3.8, 4) is 6.07 Å². The largest absolute Gasteiger partial charge is 0.355 e. The van der Waals surface area contributed by atoms with Crippen LogP contribution in [0, 0.1) is 31.0 Å². The minimum Gasteiger partial charge on any atom is -0.355 e. The highest BCUT2D eigenvalue weighted by Crippen LogP contribution is 2.26. The predicted molar refractivity (Wildman–Crippen MR) is 108 cm³/mol. The van der Waals surface area contributed by atoms with E-state index in [9.17, 15) is 9.18 Å². The molecule has 8 heteroatoms. The first-order chi connectivity index (χ1) is 13.8. The van der Waals surface area contributed by atoms with Crippen molar-refractivity contribution >= 4 is 11.7 Å². The molecule has 29 heavy (non-hydrogen) atoms. The number of carbonyl (C=O) groups excluding carboxylic acids is 1. The van der Waals surface area contributed by atoms with E-state index in [4.69, 9.17) is 5.26 Å². The Kier molecular flexibility index (Phi) is 6.09. The molecule has 152 valence electrons. The Labute approximate surface area is 170 Å². The second-order valence-electron chi connectivity index (χ2n) is 7.33. The van der Waals surface area contributed by atoms with Gasteiger partial charge >= 0.3 is 0 Å². The monoisotopic (exact) mass is 396 g/mol. The lowest BCUT2D eigenvalue weighted by atomic mass is 10.0. The Morgan fingerprint density at radius 1 is 1.38 bits per heavy atom. The first-order valence-electron chi connectivity index (χ1n) is 9.62. The fraction of sp³-hybridized carbons (Fsp3) is 0.429. The van der Waals surface area contributed by atoms with Crippen molar-refractivity contribution in [1.29, 1.82) is 5.26 Å². The fourth-order valence-corrected chi connectivity index (χ4v) is 3.61. The highest BCUT2D eigenvalue weighted by atomic mass is 19.1. The molecule has 1 unspecified atom stereocenters. The molecule has 2 heterocycles. The number of anilines is 1. The van der Waals surface area contributed by atoms with Gasteiger partial charge in [0, 0.05) is 49.0 Å². The summed E-state index contributed by atoms with van der Waals surface area (Å²) in [5, 5.41) is 14.9. The summed E-state index contributed by atoms with van der Waals surface area (Å²) in [6.07, 6.45) is 0.875. The number of carbonyl (C=O) groups is 1. The van der Waals surface area contributed by atoms with Gasteiger partial charge in [0.1, 0.15) is 11.6 Å². The predicted octanol–water partition coefficient (Wildman–Crippen LogP) is 2.39. The number of halogens is 1. The van der Waals surface area contributed by atoms with Gasteiger partial charge in [-0.15, -0.1) is 0 Å². The molecule has 2 aromatic rings. The molecule has 7 nitrogen and oxygen atoms in total. The zero-order chi connectivity index (χ0) is 21.1. The molecule has 2 N–H and O–H groups in total. The molecule has 1 amide bonds. The van der Waals surface area contributed by atoms with Gasteiger partial charge in [0.2, 0.25) is 5.82 Å². The second-order valence-corrected chi connectivity index (χ2v) is 7.33. The lowest BCUT2D eigenvalue weighted by molar-refractivity contribution is 0.0952.